The molecule has 0 radical (unpaired) electrons. The number of rotatable bonds is 5. The number of carbonyl (C=O) groups excluding carboxylic acids is 1. The number of aryl methyl sites for hydroxylation is 1. The fourth-order valence-corrected chi connectivity index (χ4v) is 3.51. The molecule has 1 aliphatic rings. The van der Waals surface area contributed by atoms with Crippen LogP contribution in [0.3, 0.4) is 0 Å². The van der Waals surface area contributed by atoms with Crippen molar-refractivity contribution < 1.29 is 14.7 Å². The van der Waals surface area contributed by atoms with E-state index in [1.54, 1.807) is 11.0 Å². The highest BCUT2D eigenvalue weighted by Crippen LogP contribution is 2.33. The molecule has 0 saturated carbocycles. The van der Waals surface area contributed by atoms with Gasteiger partial charge in [0.2, 0.25) is 6.41 Å². The lowest BCUT2D eigenvalue weighted by Gasteiger charge is -2.16. The van der Waals surface area contributed by atoms with E-state index in [0.29, 0.717) is 18.7 Å². The predicted octanol–water partition coefficient (Wildman–Crippen LogP) is 3.56. The van der Waals surface area contributed by atoms with E-state index in [0.717, 1.165) is 35.9 Å². The van der Waals surface area contributed by atoms with Gasteiger partial charge in [0.25, 0.3) is 0 Å². The van der Waals surface area contributed by atoms with Crippen molar-refractivity contribution in [2.24, 2.45) is 0 Å². The lowest BCUT2D eigenvalue weighted by molar-refractivity contribution is -0.117. The minimum atomic E-state index is -0.912. The molecule has 1 fully saturated rings. The lowest BCUT2D eigenvalue weighted by atomic mass is 9.89. The third-order valence-electron chi connectivity index (χ3n) is 4.80. The minimum Gasteiger partial charge on any atom is -0.478 e. The number of hydrogen-bond donors (Lipinski definition) is 1. The van der Waals surface area contributed by atoms with Crippen LogP contribution in [-0.2, 0) is 11.2 Å². The molecular formula is C20H21NO3. The number of carbonyl (C=O) groups is 2. The van der Waals surface area contributed by atoms with Gasteiger partial charge in [-0.05, 0) is 41.2 Å². The van der Waals surface area contributed by atoms with Gasteiger partial charge >= 0.3 is 5.97 Å². The summed E-state index contributed by atoms with van der Waals surface area (Å²) in [5, 5.41) is 9.66. The van der Waals surface area contributed by atoms with Gasteiger partial charge in [0, 0.05) is 19.0 Å². The van der Waals surface area contributed by atoms with E-state index in [9.17, 15) is 14.7 Å². The van der Waals surface area contributed by atoms with Crippen LogP contribution >= 0.6 is 0 Å². The zero-order valence-corrected chi connectivity index (χ0v) is 13.7. The van der Waals surface area contributed by atoms with Gasteiger partial charge in [-0.2, -0.15) is 0 Å². The number of carboxylic acid groups (broad SMARTS) is 1. The molecule has 1 amide bonds. The summed E-state index contributed by atoms with van der Waals surface area (Å²) in [5.74, 6) is -0.817. The SMILES string of the molecule is CCc1ccccc1-c1ccc(C2CCN(C=O)C2)c(C(=O)O)c1. The first-order chi connectivity index (χ1) is 11.6. The first kappa shape index (κ1) is 16.2. The smallest absolute Gasteiger partial charge is 0.335 e. The van der Waals surface area contributed by atoms with Crippen LogP contribution < -0.4 is 0 Å². The van der Waals surface area contributed by atoms with Crippen LogP contribution in [0.25, 0.3) is 11.1 Å². The monoisotopic (exact) mass is 323 g/mol. The van der Waals surface area contributed by atoms with Gasteiger partial charge in [-0.15, -0.1) is 0 Å². The topological polar surface area (TPSA) is 57.6 Å². The summed E-state index contributed by atoms with van der Waals surface area (Å²) in [6.45, 7) is 3.38. The third kappa shape index (κ3) is 3.04. The van der Waals surface area contributed by atoms with Crippen LogP contribution in [0.2, 0.25) is 0 Å². The summed E-state index contributed by atoms with van der Waals surface area (Å²) in [6, 6.07) is 13.8. The molecule has 2 aromatic rings. The second-order valence-electron chi connectivity index (χ2n) is 6.20. The maximum atomic E-state index is 11.8. The number of hydrogen-bond acceptors (Lipinski definition) is 2. The summed E-state index contributed by atoms with van der Waals surface area (Å²) in [6.07, 6.45) is 2.55. The highest BCUT2D eigenvalue weighted by molar-refractivity contribution is 5.91. The largest absolute Gasteiger partial charge is 0.478 e. The van der Waals surface area contributed by atoms with Crippen LogP contribution in [-0.4, -0.2) is 35.5 Å². The number of benzene rings is 2. The first-order valence-electron chi connectivity index (χ1n) is 8.29. The molecule has 0 bridgehead atoms. The normalized spacial score (nSPS) is 17.0. The van der Waals surface area contributed by atoms with Crippen LogP contribution in [0.1, 0.15) is 40.7 Å². The van der Waals surface area contributed by atoms with Gasteiger partial charge in [-0.3, -0.25) is 4.79 Å². The average Bonchev–Trinajstić information content (AvgIpc) is 3.10. The average molecular weight is 323 g/mol. The van der Waals surface area contributed by atoms with Crippen LogP contribution in [0, 0.1) is 0 Å². The Morgan fingerprint density at radius 1 is 1.29 bits per heavy atom. The summed E-state index contributed by atoms with van der Waals surface area (Å²) in [7, 11) is 0. The molecule has 1 unspecified atom stereocenters. The summed E-state index contributed by atoms with van der Waals surface area (Å²) in [5.41, 5.74) is 4.38. The molecule has 1 saturated heterocycles. The van der Waals surface area contributed by atoms with E-state index in [-0.39, 0.29) is 5.92 Å². The van der Waals surface area contributed by atoms with Crippen molar-refractivity contribution in [1.29, 1.82) is 0 Å². The number of carboxylic acids is 1. The maximum absolute atomic E-state index is 11.8. The van der Waals surface area contributed by atoms with Gasteiger partial charge in [0.1, 0.15) is 0 Å². The molecule has 1 atom stereocenters. The molecule has 24 heavy (non-hydrogen) atoms. The molecule has 1 aliphatic heterocycles. The molecule has 4 heteroatoms. The van der Waals surface area contributed by atoms with Crippen molar-refractivity contribution in [3.8, 4) is 11.1 Å². The Balaban J connectivity index is 2.02. The zero-order chi connectivity index (χ0) is 17.1. The Kier molecular flexibility index (Phi) is 4.65. The van der Waals surface area contributed by atoms with Gasteiger partial charge in [-0.1, -0.05) is 43.3 Å². The highest BCUT2D eigenvalue weighted by Gasteiger charge is 2.26. The van der Waals surface area contributed by atoms with Gasteiger partial charge < -0.3 is 10.0 Å². The Bertz CT molecular complexity index is 769. The number of nitrogens with zero attached hydrogens (tertiary/aromatic N) is 1. The number of amides is 1. The fraction of sp³-hybridized carbons (Fsp3) is 0.300. The summed E-state index contributed by atoms with van der Waals surface area (Å²) in [4.78, 5) is 24.4. The van der Waals surface area contributed by atoms with Crippen LogP contribution in [0.15, 0.2) is 42.5 Å². The zero-order valence-electron chi connectivity index (χ0n) is 13.7. The molecule has 1 N–H and O–H groups in total. The van der Waals surface area contributed by atoms with Gasteiger partial charge in [0.15, 0.2) is 0 Å². The molecule has 1 heterocycles. The minimum absolute atomic E-state index is 0.0942. The molecule has 124 valence electrons. The molecule has 3 rings (SSSR count). The first-order valence-corrected chi connectivity index (χ1v) is 8.29. The highest BCUT2D eigenvalue weighted by atomic mass is 16.4. The molecule has 4 nitrogen and oxygen atoms in total. The van der Waals surface area contributed by atoms with Crippen LogP contribution in [0.4, 0.5) is 0 Å². The predicted molar refractivity (Wildman–Crippen MR) is 93.2 cm³/mol. The standard InChI is InChI=1S/C20H21NO3/c1-2-14-5-3-4-6-17(14)15-7-8-18(19(11-15)20(23)24)16-9-10-21(12-16)13-22/h3-8,11,13,16H,2,9-10,12H2,1H3,(H,23,24). The van der Waals surface area contributed by atoms with Crippen molar-refractivity contribution in [1.82, 2.24) is 4.90 Å². The molecular weight excluding hydrogens is 302 g/mol. The summed E-state index contributed by atoms with van der Waals surface area (Å²) >= 11 is 0. The van der Waals surface area contributed by atoms with Crippen molar-refractivity contribution in [3.63, 3.8) is 0 Å². The maximum Gasteiger partial charge on any atom is 0.335 e. The molecule has 2 aromatic carbocycles. The van der Waals surface area contributed by atoms with E-state index < -0.39 is 5.97 Å². The lowest BCUT2D eigenvalue weighted by Crippen LogP contribution is -2.18. The van der Waals surface area contributed by atoms with Crippen molar-refractivity contribution in [3.05, 3.63) is 59.2 Å². The Morgan fingerprint density at radius 3 is 2.75 bits per heavy atom. The van der Waals surface area contributed by atoms with E-state index in [1.165, 1.54) is 5.56 Å². The Labute approximate surface area is 141 Å². The quantitative estimate of drug-likeness (QED) is 0.856. The van der Waals surface area contributed by atoms with Crippen molar-refractivity contribution >= 4 is 12.4 Å². The van der Waals surface area contributed by atoms with Crippen molar-refractivity contribution in [2.45, 2.75) is 25.7 Å². The fourth-order valence-electron chi connectivity index (χ4n) is 3.51. The molecule has 0 aromatic heterocycles. The number of aromatic carboxylic acids is 1. The van der Waals surface area contributed by atoms with Gasteiger partial charge in [-0.25, -0.2) is 4.79 Å². The van der Waals surface area contributed by atoms with Crippen LogP contribution in [0.5, 0.6) is 0 Å². The Morgan fingerprint density at radius 2 is 2.08 bits per heavy atom. The van der Waals surface area contributed by atoms with E-state index in [2.05, 4.69) is 13.0 Å². The third-order valence-corrected chi connectivity index (χ3v) is 4.80. The number of likely N-dealkylation sites (tertiary alicyclic amines) is 1. The van der Waals surface area contributed by atoms with Gasteiger partial charge in [0.05, 0.1) is 5.56 Å². The van der Waals surface area contributed by atoms with E-state index in [4.69, 9.17) is 0 Å². The second-order valence-corrected chi connectivity index (χ2v) is 6.20. The molecule has 0 aliphatic carbocycles. The molecule has 0 spiro atoms. The van der Waals surface area contributed by atoms with E-state index >= 15 is 0 Å². The van der Waals surface area contributed by atoms with E-state index in [1.807, 2.05) is 30.3 Å². The summed E-state index contributed by atoms with van der Waals surface area (Å²) < 4.78 is 0. The second kappa shape index (κ2) is 6.87. The van der Waals surface area contributed by atoms with Crippen molar-refractivity contribution in [2.75, 3.05) is 13.1 Å². The Hall–Kier alpha value is -2.62.